The van der Waals surface area contributed by atoms with Gasteiger partial charge in [0.1, 0.15) is 0 Å². The second kappa shape index (κ2) is 4.51. The van der Waals surface area contributed by atoms with Gasteiger partial charge >= 0.3 is 0 Å². The smallest absolute Gasteiger partial charge is 0.0630 e. The van der Waals surface area contributed by atoms with Gasteiger partial charge < -0.3 is 11.5 Å². The van der Waals surface area contributed by atoms with E-state index in [9.17, 15) is 0 Å². The van der Waals surface area contributed by atoms with Gasteiger partial charge in [-0.2, -0.15) is 0 Å². The van der Waals surface area contributed by atoms with Crippen molar-refractivity contribution >= 4 is 43.7 Å². The normalized spacial score (nSPS) is 11.9. The lowest BCUT2D eigenvalue weighted by Gasteiger charge is -2.20. The van der Waals surface area contributed by atoms with E-state index >= 15 is 0 Å². The molecule has 0 saturated carbocycles. The average molecular weight is 288 g/mol. The van der Waals surface area contributed by atoms with Gasteiger partial charge in [-0.05, 0) is 45.5 Å². The summed E-state index contributed by atoms with van der Waals surface area (Å²) < 4.78 is 0. The van der Waals surface area contributed by atoms with E-state index in [1.165, 1.54) is 38.1 Å². The van der Waals surface area contributed by atoms with Crippen LogP contribution in [0.1, 0.15) is 25.0 Å². The van der Waals surface area contributed by atoms with Crippen molar-refractivity contribution in [1.82, 2.24) is 0 Å². The van der Waals surface area contributed by atoms with Crippen molar-refractivity contribution in [1.29, 1.82) is 0 Å². The van der Waals surface area contributed by atoms with Gasteiger partial charge in [0, 0.05) is 10.8 Å². The molecule has 4 aromatic rings. The van der Waals surface area contributed by atoms with E-state index in [1.807, 2.05) is 0 Å². The quantitative estimate of drug-likeness (QED) is 0.408. The molecule has 2 nitrogen and oxygen atoms in total. The Balaban J connectivity index is 2.44. The fourth-order valence-corrected chi connectivity index (χ4v) is 3.87. The van der Waals surface area contributed by atoms with Crippen LogP contribution in [0, 0.1) is 0 Å². The molecule has 2 heteroatoms. The van der Waals surface area contributed by atoms with E-state index in [0.29, 0.717) is 0 Å². The van der Waals surface area contributed by atoms with Crippen molar-refractivity contribution in [2.24, 2.45) is 0 Å². The van der Waals surface area contributed by atoms with Gasteiger partial charge in [-0.3, -0.25) is 0 Å². The Morgan fingerprint density at radius 3 is 2.27 bits per heavy atom. The predicted molar refractivity (Wildman–Crippen MR) is 97.7 cm³/mol. The molecule has 0 aliphatic heterocycles. The van der Waals surface area contributed by atoms with Crippen molar-refractivity contribution in [2.45, 2.75) is 26.7 Å². The molecule has 4 N–H and O–H groups in total. The highest BCUT2D eigenvalue weighted by Gasteiger charge is 2.18. The summed E-state index contributed by atoms with van der Waals surface area (Å²) >= 11 is 0. The van der Waals surface area contributed by atoms with Crippen LogP contribution < -0.4 is 11.5 Å². The third kappa shape index (κ3) is 1.50. The highest BCUT2D eigenvalue weighted by Crippen LogP contribution is 2.43. The zero-order valence-electron chi connectivity index (χ0n) is 13.0. The molecule has 110 valence electrons. The highest BCUT2D eigenvalue weighted by atomic mass is 14.7. The predicted octanol–water partition coefficient (Wildman–Crippen LogP) is 4.87. The summed E-state index contributed by atoms with van der Waals surface area (Å²) in [5.41, 5.74) is 16.8. The molecule has 22 heavy (non-hydrogen) atoms. The lowest BCUT2D eigenvalue weighted by Crippen LogP contribution is -2.04. The molecule has 4 rings (SSSR count). The van der Waals surface area contributed by atoms with Crippen LogP contribution in [0.5, 0.6) is 0 Å². The fourth-order valence-electron chi connectivity index (χ4n) is 3.87. The summed E-state index contributed by atoms with van der Waals surface area (Å²) in [6.45, 7) is 4.36. The number of nitrogen functional groups attached to an aromatic ring is 2. The van der Waals surface area contributed by atoms with Crippen LogP contribution in [-0.2, 0) is 12.8 Å². The molecule has 0 saturated heterocycles. The highest BCUT2D eigenvalue weighted by molar-refractivity contribution is 6.28. The fraction of sp³-hybridized carbons (Fsp3) is 0.200. The van der Waals surface area contributed by atoms with Crippen LogP contribution in [0.4, 0.5) is 11.4 Å². The number of nitrogens with two attached hydrogens (primary N) is 2. The van der Waals surface area contributed by atoms with Gasteiger partial charge in [0.2, 0.25) is 0 Å². The monoisotopic (exact) mass is 288 g/mol. The van der Waals surface area contributed by atoms with Crippen LogP contribution in [0.25, 0.3) is 32.3 Å². The van der Waals surface area contributed by atoms with Gasteiger partial charge in [-0.25, -0.2) is 0 Å². The number of aryl methyl sites for hydroxylation is 2. The maximum absolute atomic E-state index is 6.37. The third-order valence-electron chi connectivity index (χ3n) is 4.92. The van der Waals surface area contributed by atoms with E-state index in [0.717, 1.165) is 29.6 Å². The lowest BCUT2D eigenvalue weighted by molar-refractivity contribution is 1.13. The molecule has 0 amide bonds. The van der Waals surface area contributed by atoms with Gasteiger partial charge in [-0.15, -0.1) is 0 Å². The minimum absolute atomic E-state index is 0.727. The number of hydrogen-bond acceptors (Lipinski definition) is 2. The molecule has 0 bridgehead atoms. The first-order valence-electron chi connectivity index (χ1n) is 7.93. The molecule has 0 fully saturated rings. The van der Waals surface area contributed by atoms with Crippen LogP contribution in [-0.4, -0.2) is 0 Å². The lowest BCUT2D eigenvalue weighted by atomic mass is 9.86. The molecule has 0 radical (unpaired) electrons. The van der Waals surface area contributed by atoms with Crippen molar-refractivity contribution in [2.75, 3.05) is 11.5 Å². The van der Waals surface area contributed by atoms with E-state index in [2.05, 4.69) is 50.2 Å². The largest absolute Gasteiger partial charge is 0.397 e. The Morgan fingerprint density at radius 1 is 0.773 bits per heavy atom. The molecule has 0 unspecified atom stereocenters. The zero-order valence-corrected chi connectivity index (χ0v) is 13.0. The molecular weight excluding hydrogens is 268 g/mol. The number of benzene rings is 4. The third-order valence-corrected chi connectivity index (χ3v) is 4.92. The molecule has 0 aromatic heterocycles. The van der Waals surface area contributed by atoms with Crippen LogP contribution in [0.15, 0.2) is 36.4 Å². The van der Waals surface area contributed by atoms with E-state index < -0.39 is 0 Å². The first kappa shape index (κ1) is 13.2. The molecule has 4 aromatic carbocycles. The Morgan fingerprint density at radius 2 is 1.55 bits per heavy atom. The minimum Gasteiger partial charge on any atom is -0.397 e. The van der Waals surface area contributed by atoms with E-state index in [1.54, 1.807) is 0 Å². The SMILES string of the molecule is CCc1cc2cccc3ccc4c(N)c(N)c(CC)c1c4c32. The molecule has 0 spiro atoms. The van der Waals surface area contributed by atoms with Crippen molar-refractivity contribution < 1.29 is 0 Å². The van der Waals surface area contributed by atoms with Crippen LogP contribution in [0.3, 0.4) is 0 Å². The second-order valence-electron chi connectivity index (χ2n) is 5.99. The van der Waals surface area contributed by atoms with Crippen molar-refractivity contribution in [3.63, 3.8) is 0 Å². The summed E-state index contributed by atoms with van der Waals surface area (Å²) in [7, 11) is 0. The Bertz CT molecular complexity index is 1010. The first-order valence-corrected chi connectivity index (χ1v) is 7.93. The Labute approximate surface area is 130 Å². The number of hydrogen-bond donors (Lipinski definition) is 2. The maximum Gasteiger partial charge on any atom is 0.0630 e. The number of rotatable bonds is 2. The summed E-state index contributed by atoms with van der Waals surface area (Å²) in [5, 5.41) is 7.56. The van der Waals surface area contributed by atoms with E-state index in [4.69, 9.17) is 11.5 Å². The first-order chi connectivity index (χ1) is 10.7. The van der Waals surface area contributed by atoms with Gasteiger partial charge in [0.15, 0.2) is 0 Å². The summed E-state index contributed by atoms with van der Waals surface area (Å²) in [6.07, 6.45) is 1.90. The maximum atomic E-state index is 6.37. The average Bonchev–Trinajstić information content (AvgIpc) is 2.55. The van der Waals surface area contributed by atoms with E-state index in [-0.39, 0.29) is 0 Å². The molecule has 0 atom stereocenters. The Hall–Kier alpha value is -2.48. The van der Waals surface area contributed by atoms with Crippen molar-refractivity contribution in [3.8, 4) is 0 Å². The molecule has 0 aliphatic rings. The van der Waals surface area contributed by atoms with Crippen LogP contribution in [0.2, 0.25) is 0 Å². The molecular formula is C20H20N2. The Kier molecular flexibility index (Phi) is 2.70. The number of anilines is 2. The summed E-state index contributed by atoms with van der Waals surface area (Å²) in [4.78, 5) is 0. The second-order valence-corrected chi connectivity index (χ2v) is 5.99. The molecule has 0 heterocycles. The van der Waals surface area contributed by atoms with Gasteiger partial charge in [0.25, 0.3) is 0 Å². The van der Waals surface area contributed by atoms with Gasteiger partial charge in [0.05, 0.1) is 11.4 Å². The minimum atomic E-state index is 0.727. The standard InChI is InChI=1S/C20H20N2/c1-3-11-10-13-7-5-6-12-8-9-15-18(16(12)13)17(11)14(4-2)19(21)20(15)22/h5-10H,3-4,21-22H2,1-2H3. The molecule has 0 aliphatic carbocycles. The zero-order chi connectivity index (χ0) is 15.4. The van der Waals surface area contributed by atoms with Gasteiger partial charge in [-0.1, -0.05) is 50.2 Å². The summed E-state index contributed by atoms with van der Waals surface area (Å²) in [5.74, 6) is 0. The summed E-state index contributed by atoms with van der Waals surface area (Å²) in [6, 6.07) is 13.1. The topological polar surface area (TPSA) is 52.0 Å². The van der Waals surface area contributed by atoms with Crippen LogP contribution >= 0.6 is 0 Å². The van der Waals surface area contributed by atoms with Crippen molar-refractivity contribution in [3.05, 3.63) is 47.5 Å².